The van der Waals surface area contributed by atoms with Crippen molar-refractivity contribution < 1.29 is 18.3 Å². The third-order valence-electron chi connectivity index (χ3n) is 4.48. The van der Waals surface area contributed by atoms with E-state index in [1.54, 1.807) is 12.1 Å². The van der Waals surface area contributed by atoms with E-state index in [0.717, 1.165) is 44.6 Å². The summed E-state index contributed by atoms with van der Waals surface area (Å²) < 4.78 is 35.5. The zero-order valence-corrected chi connectivity index (χ0v) is 14.7. The fourth-order valence-corrected chi connectivity index (χ4v) is 3.31. The Kier molecular flexibility index (Phi) is 6.66. The second-order valence-electron chi connectivity index (χ2n) is 6.17. The summed E-state index contributed by atoms with van der Waals surface area (Å²) in [4.78, 5) is 2.43. The van der Waals surface area contributed by atoms with E-state index in [1.165, 1.54) is 12.8 Å². The number of nitrogens with zero attached hydrogens (tertiary/aromatic N) is 1. The molecule has 0 spiro atoms. The van der Waals surface area contributed by atoms with Crippen LogP contribution in [-0.4, -0.2) is 37.4 Å². The van der Waals surface area contributed by atoms with Crippen molar-refractivity contribution in [2.75, 3.05) is 26.2 Å². The molecule has 0 aliphatic carbocycles. The van der Waals surface area contributed by atoms with E-state index in [4.69, 9.17) is 0 Å². The Morgan fingerprint density at radius 2 is 1.88 bits per heavy atom. The van der Waals surface area contributed by atoms with Gasteiger partial charge in [-0.1, -0.05) is 32.3 Å². The Morgan fingerprint density at radius 3 is 2.58 bits per heavy atom. The van der Waals surface area contributed by atoms with Gasteiger partial charge in [-0.25, -0.2) is 0 Å². The molecule has 3 rings (SSSR count). The lowest BCUT2D eigenvalue weighted by Crippen LogP contribution is -2.45. The summed E-state index contributed by atoms with van der Waals surface area (Å²) >= 11 is 0. The normalized spacial score (nSPS) is 20.5. The molecule has 0 radical (unpaired) electrons. The SMILES string of the molecule is CCCCC[C@H](c1ccc2c(c1)OC(F)(F)O2)N1CCNCC1.Cl. The number of ether oxygens (including phenoxy) is 2. The highest BCUT2D eigenvalue weighted by Crippen LogP contribution is 2.43. The molecular weight excluding hydrogens is 338 g/mol. The third kappa shape index (κ3) is 4.49. The van der Waals surface area contributed by atoms with Gasteiger partial charge in [-0.3, -0.25) is 4.90 Å². The highest BCUT2D eigenvalue weighted by Gasteiger charge is 2.43. The van der Waals surface area contributed by atoms with Gasteiger partial charge in [-0.2, -0.15) is 0 Å². The smallest absolute Gasteiger partial charge is 0.395 e. The first-order chi connectivity index (χ1) is 11.1. The first kappa shape index (κ1) is 19.2. The van der Waals surface area contributed by atoms with E-state index in [9.17, 15) is 8.78 Å². The van der Waals surface area contributed by atoms with Crippen LogP contribution in [0.5, 0.6) is 11.5 Å². The lowest BCUT2D eigenvalue weighted by molar-refractivity contribution is -0.286. The third-order valence-corrected chi connectivity index (χ3v) is 4.48. The molecular formula is C17H25ClF2N2O2. The lowest BCUT2D eigenvalue weighted by Gasteiger charge is -2.35. The van der Waals surface area contributed by atoms with E-state index in [-0.39, 0.29) is 29.9 Å². The van der Waals surface area contributed by atoms with Crippen molar-refractivity contribution in [1.82, 2.24) is 10.2 Å². The molecule has 0 aromatic heterocycles. The van der Waals surface area contributed by atoms with Crippen molar-refractivity contribution in [1.29, 1.82) is 0 Å². The van der Waals surface area contributed by atoms with Crippen molar-refractivity contribution in [2.45, 2.75) is 44.9 Å². The first-order valence-corrected chi connectivity index (χ1v) is 8.43. The highest BCUT2D eigenvalue weighted by molar-refractivity contribution is 5.85. The number of fused-ring (bicyclic) bond motifs is 1. The van der Waals surface area contributed by atoms with Crippen LogP contribution < -0.4 is 14.8 Å². The second kappa shape index (κ2) is 8.32. The first-order valence-electron chi connectivity index (χ1n) is 8.43. The number of benzene rings is 1. The molecule has 1 fully saturated rings. The minimum Gasteiger partial charge on any atom is -0.395 e. The Labute approximate surface area is 147 Å². The van der Waals surface area contributed by atoms with E-state index >= 15 is 0 Å². The van der Waals surface area contributed by atoms with Gasteiger partial charge in [0.2, 0.25) is 0 Å². The molecule has 2 aliphatic rings. The summed E-state index contributed by atoms with van der Waals surface area (Å²) in [7, 11) is 0. The Morgan fingerprint density at radius 1 is 1.17 bits per heavy atom. The van der Waals surface area contributed by atoms with Crippen LogP contribution in [-0.2, 0) is 0 Å². The standard InChI is InChI=1S/C17H24F2N2O2.ClH/c1-2-3-4-5-14(21-10-8-20-9-11-21)13-6-7-15-16(12-13)23-17(18,19)22-15;/h6-7,12,14,20H,2-5,8-11H2,1H3;1H/t14-;/m1./s1. The van der Waals surface area contributed by atoms with Crippen molar-refractivity contribution in [2.24, 2.45) is 0 Å². The van der Waals surface area contributed by atoms with Gasteiger partial charge in [0.15, 0.2) is 11.5 Å². The lowest BCUT2D eigenvalue weighted by atomic mass is 9.97. The number of unbranched alkanes of at least 4 members (excludes halogenated alkanes) is 2. The average Bonchev–Trinajstić information content (AvgIpc) is 2.85. The maximum Gasteiger partial charge on any atom is 0.586 e. The monoisotopic (exact) mass is 362 g/mol. The Balaban J connectivity index is 0.00000208. The summed E-state index contributed by atoms with van der Waals surface area (Å²) in [6, 6.07) is 5.45. The molecule has 1 atom stereocenters. The van der Waals surface area contributed by atoms with E-state index in [2.05, 4.69) is 26.6 Å². The van der Waals surface area contributed by atoms with Gasteiger partial charge < -0.3 is 14.8 Å². The number of rotatable bonds is 6. The van der Waals surface area contributed by atoms with E-state index in [0.29, 0.717) is 0 Å². The van der Waals surface area contributed by atoms with Gasteiger partial charge in [0.25, 0.3) is 0 Å². The molecule has 0 bridgehead atoms. The Hall–Kier alpha value is -1.11. The topological polar surface area (TPSA) is 33.7 Å². The van der Waals surface area contributed by atoms with Crippen LogP contribution in [0.15, 0.2) is 18.2 Å². The van der Waals surface area contributed by atoms with Crippen LogP contribution in [0.2, 0.25) is 0 Å². The molecule has 1 saturated heterocycles. The number of halogens is 3. The van der Waals surface area contributed by atoms with Crippen LogP contribution in [0.3, 0.4) is 0 Å². The molecule has 1 aromatic carbocycles. The summed E-state index contributed by atoms with van der Waals surface area (Å²) in [5.41, 5.74) is 1.03. The molecule has 4 nitrogen and oxygen atoms in total. The fraction of sp³-hybridized carbons (Fsp3) is 0.647. The maximum atomic E-state index is 13.2. The summed E-state index contributed by atoms with van der Waals surface area (Å²) in [5.74, 6) is 0.259. The van der Waals surface area contributed by atoms with Crippen molar-refractivity contribution in [3.8, 4) is 11.5 Å². The number of hydrogen-bond acceptors (Lipinski definition) is 4. The number of piperazine rings is 1. The van der Waals surface area contributed by atoms with Crippen molar-refractivity contribution >= 4 is 12.4 Å². The van der Waals surface area contributed by atoms with Crippen LogP contribution in [0.4, 0.5) is 8.78 Å². The van der Waals surface area contributed by atoms with Gasteiger partial charge in [0.1, 0.15) is 0 Å². The minimum absolute atomic E-state index is 0. The number of nitrogens with one attached hydrogen (secondary N) is 1. The van der Waals surface area contributed by atoms with Crippen LogP contribution in [0.25, 0.3) is 0 Å². The quantitative estimate of drug-likeness (QED) is 0.777. The molecule has 1 N–H and O–H groups in total. The summed E-state index contributed by atoms with van der Waals surface area (Å²) in [6.07, 6.45) is 0.972. The fourth-order valence-electron chi connectivity index (χ4n) is 3.31. The van der Waals surface area contributed by atoms with Crippen molar-refractivity contribution in [3.05, 3.63) is 23.8 Å². The van der Waals surface area contributed by atoms with Crippen molar-refractivity contribution in [3.63, 3.8) is 0 Å². The molecule has 7 heteroatoms. The minimum atomic E-state index is -3.55. The van der Waals surface area contributed by atoms with Crippen LogP contribution in [0, 0.1) is 0 Å². The summed E-state index contributed by atoms with van der Waals surface area (Å²) in [6.45, 7) is 6.06. The summed E-state index contributed by atoms with van der Waals surface area (Å²) in [5, 5.41) is 3.36. The van der Waals surface area contributed by atoms with Gasteiger partial charge in [0, 0.05) is 32.2 Å². The van der Waals surface area contributed by atoms with Gasteiger partial charge in [-0.15, -0.1) is 21.2 Å². The largest absolute Gasteiger partial charge is 0.586 e. The van der Waals surface area contributed by atoms with E-state index in [1.807, 2.05) is 6.07 Å². The predicted octanol–water partition coefficient (Wildman–Crippen LogP) is 3.96. The molecule has 24 heavy (non-hydrogen) atoms. The van der Waals surface area contributed by atoms with Crippen LogP contribution >= 0.6 is 12.4 Å². The maximum absolute atomic E-state index is 13.2. The molecule has 136 valence electrons. The Bertz CT molecular complexity index is 539. The molecule has 1 aromatic rings. The number of alkyl halides is 2. The predicted molar refractivity (Wildman–Crippen MR) is 91.2 cm³/mol. The average molecular weight is 363 g/mol. The van der Waals surface area contributed by atoms with Crippen LogP contribution in [0.1, 0.15) is 44.2 Å². The molecule has 2 heterocycles. The van der Waals surface area contributed by atoms with Gasteiger partial charge in [-0.05, 0) is 24.1 Å². The second-order valence-corrected chi connectivity index (χ2v) is 6.17. The molecule has 0 saturated carbocycles. The zero-order chi connectivity index (χ0) is 16.3. The molecule has 0 unspecified atom stereocenters. The molecule has 2 aliphatic heterocycles. The van der Waals surface area contributed by atoms with E-state index < -0.39 is 6.29 Å². The van der Waals surface area contributed by atoms with Gasteiger partial charge >= 0.3 is 6.29 Å². The van der Waals surface area contributed by atoms with Gasteiger partial charge in [0.05, 0.1) is 0 Å². The molecule has 0 amide bonds. The highest BCUT2D eigenvalue weighted by atomic mass is 35.5. The zero-order valence-electron chi connectivity index (χ0n) is 13.9. The number of hydrogen-bond donors (Lipinski definition) is 1.